The van der Waals surface area contributed by atoms with Crippen LogP contribution in [0.5, 0.6) is 0 Å². The number of rotatable bonds is 7. The number of anilines is 1. The molecule has 0 atom stereocenters. The van der Waals surface area contributed by atoms with Crippen molar-refractivity contribution in [2.75, 3.05) is 31.6 Å². The summed E-state index contributed by atoms with van der Waals surface area (Å²) in [5.74, 6) is -0.266. The first-order valence-electron chi connectivity index (χ1n) is 6.07. The van der Waals surface area contributed by atoms with Gasteiger partial charge in [0.15, 0.2) is 0 Å². The third kappa shape index (κ3) is 4.71. The van der Waals surface area contributed by atoms with E-state index in [2.05, 4.69) is 5.32 Å². The minimum absolute atomic E-state index is 0.0361. The van der Waals surface area contributed by atoms with E-state index in [0.717, 1.165) is 6.42 Å². The number of carbonyl (C=O) groups excluding carboxylic acids is 1. The lowest BCUT2D eigenvalue weighted by molar-refractivity contribution is -0.120. The number of hydrogen-bond acceptors (Lipinski definition) is 3. The van der Waals surface area contributed by atoms with Gasteiger partial charge < -0.3 is 16.0 Å². The average Bonchev–Trinajstić information content (AvgIpc) is 2.35. The van der Waals surface area contributed by atoms with E-state index in [4.69, 9.17) is 5.73 Å². The molecule has 0 fully saturated rings. The van der Waals surface area contributed by atoms with Crippen molar-refractivity contribution in [1.82, 2.24) is 5.32 Å². The first-order chi connectivity index (χ1) is 8.65. The Balaban J connectivity index is 2.28. The lowest BCUT2D eigenvalue weighted by Gasteiger charge is -2.19. The highest BCUT2D eigenvalue weighted by Crippen LogP contribution is 2.16. The molecule has 4 nitrogen and oxygen atoms in total. The predicted octanol–water partition coefficient (Wildman–Crippen LogP) is 1.12. The van der Waals surface area contributed by atoms with E-state index in [1.165, 1.54) is 6.07 Å². The number of hydrogen-bond donors (Lipinski definition) is 2. The normalized spacial score (nSPS) is 10.2. The van der Waals surface area contributed by atoms with Crippen molar-refractivity contribution in [3.8, 4) is 0 Å². The molecule has 0 aliphatic rings. The molecule has 1 amide bonds. The highest BCUT2D eigenvalue weighted by atomic mass is 19.1. The molecule has 0 heterocycles. The third-order valence-electron chi connectivity index (χ3n) is 2.63. The summed E-state index contributed by atoms with van der Waals surface area (Å²) < 4.78 is 13.5. The van der Waals surface area contributed by atoms with Gasteiger partial charge in [-0.25, -0.2) is 4.39 Å². The molecule has 0 aliphatic heterocycles. The van der Waals surface area contributed by atoms with Gasteiger partial charge in [0.05, 0.1) is 5.69 Å². The monoisotopic (exact) mass is 253 g/mol. The van der Waals surface area contributed by atoms with Crippen molar-refractivity contribution in [3.05, 3.63) is 30.1 Å². The topological polar surface area (TPSA) is 58.4 Å². The van der Waals surface area contributed by atoms with Crippen molar-refractivity contribution >= 4 is 11.6 Å². The van der Waals surface area contributed by atoms with Crippen LogP contribution in [0.2, 0.25) is 0 Å². The molecule has 0 bridgehead atoms. The third-order valence-corrected chi connectivity index (χ3v) is 2.63. The van der Waals surface area contributed by atoms with Crippen LogP contribution in [0.1, 0.15) is 12.8 Å². The van der Waals surface area contributed by atoms with Crippen molar-refractivity contribution in [1.29, 1.82) is 0 Å². The van der Waals surface area contributed by atoms with E-state index in [1.54, 1.807) is 18.2 Å². The number of nitrogens with one attached hydrogen (secondary N) is 1. The first kappa shape index (κ1) is 14.4. The molecule has 0 aliphatic carbocycles. The second kappa shape index (κ2) is 7.66. The van der Waals surface area contributed by atoms with E-state index < -0.39 is 0 Å². The van der Waals surface area contributed by atoms with E-state index in [1.807, 2.05) is 11.9 Å². The SMILES string of the molecule is CN(CCCNC(=O)CCN)c1ccccc1F. The fourth-order valence-electron chi connectivity index (χ4n) is 1.65. The average molecular weight is 253 g/mol. The summed E-state index contributed by atoms with van der Waals surface area (Å²) in [6.07, 6.45) is 1.12. The minimum Gasteiger partial charge on any atom is -0.372 e. The highest BCUT2D eigenvalue weighted by molar-refractivity contribution is 5.75. The molecule has 5 heteroatoms. The number of benzene rings is 1. The van der Waals surface area contributed by atoms with Gasteiger partial charge in [0, 0.05) is 33.1 Å². The highest BCUT2D eigenvalue weighted by Gasteiger charge is 2.06. The molecule has 100 valence electrons. The van der Waals surface area contributed by atoms with Gasteiger partial charge in [-0.1, -0.05) is 12.1 Å². The standard InChI is InChI=1S/C13H20FN3O/c1-17(12-6-3-2-5-11(12)14)10-4-9-16-13(18)7-8-15/h2-3,5-6H,4,7-10,15H2,1H3,(H,16,18). The molecule has 1 aromatic rings. The second-order valence-electron chi connectivity index (χ2n) is 4.12. The Hall–Kier alpha value is -1.62. The molecule has 0 spiro atoms. The van der Waals surface area contributed by atoms with Crippen molar-refractivity contribution < 1.29 is 9.18 Å². The predicted molar refractivity (Wildman–Crippen MR) is 71.0 cm³/mol. The maximum atomic E-state index is 13.5. The summed E-state index contributed by atoms with van der Waals surface area (Å²) in [7, 11) is 1.83. The smallest absolute Gasteiger partial charge is 0.221 e. The van der Waals surface area contributed by atoms with Gasteiger partial charge in [0.25, 0.3) is 0 Å². The number of nitrogens with zero attached hydrogens (tertiary/aromatic N) is 1. The van der Waals surface area contributed by atoms with Crippen LogP contribution in [0.3, 0.4) is 0 Å². The first-order valence-corrected chi connectivity index (χ1v) is 6.07. The van der Waals surface area contributed by atoms with Gasteiger partial charge in [-0.3, -0.25) is 4.79 Å². The molecule has 1 aromatic carbocycles. The van der Waals surface area contributed by atoms with Crippen molar-refractivity contribution in [2.24, 2.45) is 5.73 Å². The quantitative estimate of drug-likeness (QED) is 0.716. The molecule has 18 heavy (non-hydrogen) atoms. The summed E-state index contributed by atoms with van der Waals surface area (Å²) in [5.41, 5.74) is 5.84. The van der Waals surface area contributed by atoms with Gasteiger partial charge in [-0.15, -0.1) is 0 Å². The molecular weight excluding hydrogens is 233 g/mol. The van der Waals surface area contributed by atoms with Gasteiger partial charge in [-0.2, -0.15) is 0 Å². The summed E-state index contributed by atoms with van der Waals surface area (Å²) >= 11 is 0. The van der Waals surface area contributed by atoms with Crippen molar-refractivity contribution in [2.45, 2.75) is 12.8 Å². The number of para-hydroxylation sites is 1. The summed E-state index contributed by atoms with van der Waals surface area (Å²) in [6.45, 7) is 1.63. The molecule has 0 saturated carbocycles. The number of halogens is 1. The van der Waals surface area contributed by atoms with Crippen LogP contribution in [0.4, 0.5) is 10.1 Å². The van der Waals surface area contributed by atoms with Crippen LogP contribution in [0, 0.1) is 5.82 Å². The molecule has 1 rings (SSSR count). The zero-order chi connectivity index (χ0) is 13.4. The Kier molecular flexibility index (Phi) is 6.14. The molecular formula is C13H20FN3O. The molecule has 0 saturated heterocycles. The van der Waals surface area contributed by atoms with Crippen LogP contribution in [0.15, 0.2) is 24.3 Å². The van der Waals surface area contributed by atoms with E-state index in [-0.39, 0.29) is 11.7 Å². The van der Waals surface area contributed by atoms with Crippen LogP contribution < -0.4 is 16.0 Å². The maximum absolute atomic E-state index is 13.5. The van der Waals surface area contributed by atoms with Gasteiger partial charge in [0.2, 0.25) is 5.91 Å². The lowest BCUT2D eigenvalue weighted by Crippen LogP contribution is -2.29. The van der Waals surface area contributed by atoms with Crippen LogP contribution in [-0.2, 0) is 4.79 Å². The Labute approximate surface area is 107 Å². The number of carbonyl (C=O) groups is 1. The zero-order valence-electron chi connectivity index (χ0n) is 10.7. The van der Waals surface area contributed by atoms with Gasteiger partial charge in [-0.05, 0) is 18.6 Å². The second-order valence-corrected chi connectivity index (χ2v) is 4.12. The number of nitrogens with two attached hydrogens (primary N) is 1. The molecule has 0 radical (unpaired) electrons. The van der Waals surface area contributed by atoms with Crippen molar-refractivity contribution in [3.63, 3.8) is 0 Å². The summed E-state index contributed by atoms with van der Waals surface area (Å²) in [5, 5.41) is 2.77. The maximum Gasteiger partial charge on any atom is 0.221 e. The Morgan fingerprint density at radius 3 is 2.83 bits per heavy atom. The van der Waals surface area contributed by atoms with E-state index >= 15 is 0 Å². The zero-order valence-corrected chi connectivity index (χ0v) is 10.7. The van der Waals surface area contributed by atoms with Crippen LogP contribution in [-0.4, -0.2) is 32.6 Å². The fourth-order valence-corrected chi connectivity index (χ4v) is 1.65. The fraction of sp³-hybridized carbons (Fsp3) is 0.462. The largest absolute Gasteiger partial charge is 0.372 e. The molecule has 0 unspecified atom stereocenters. The van der Waals surface area contributed by atoms with E-state index in [0.29, 0.717) is 31.7 Å². The van der Waals surface area contributed by atoms with Gasteiger partial charge >= 0.3 is 0 Å². The van der Waals surface area contributed by atoms with Gasteiger partial charge in [0.1, 0.15) is 5.82 Å². The minimum atomic E-state index is -0.229. The lowest BCUT2D eigenvalue weighted by atomic mass is 10.2. The summed E-state index contributed by atoms with van der Waals surface area (Å²) in [4.78, 5) is 13.0. The number of amides is 1. The molecule has 0 aromatic heterocycles. The Bertz CT molecular complexity index is 384. The van der Waals surface area contributed by atoms with Crippen LogP contribution >= 0.6 is 0 Å². The Morgan fingerprint density at radius 2 is 2.17 bits per heavy atom. The van der Waals surface area contributed by atoms with Crippen LogP contribution in [0.25, 0.3) is 0 Å². The van der Waals surface area contributed by atoms with E-state index in [9.17, 15) is 9.18 Å². The summed E-state index contributed by atoms with van der Waals surface area (Å²) in [6, 6.07) is 6.65. The Morgan fingerprint density at radius 1 is 1.44 bits per heavy atom. The molecule has 3 N–H and O–H groups in total.